The highest BCUT2D eigenvalue weighted by Crippen LogP contribution is 2.27. The van der Waals surface area contributed by atoms with Gasteiger partial charge in [-0.05, 0) is 30.3 Å². The van der Waals surface area contributed by atoms with Gasteiger partial charge in [0.1, 0.15) is 19.0 Å². The molecule has 0 radical (unpaired) electrons. The van der Waals surface area contributed by atoms with Gasteiger partial charge >= 0.3 is 5.97 Å². The number of ether oxygens (including phenoxy) is 2. The van der Waals surface area contributed by atoms with Gasteiger partial charge in [0.15, 0.2) is 0 Å². The maximum atomic E-state index is 11.8. The Morgan fingerprint density at radius 1 is 1.08 bits per heavy atom. The maximum absolute atomic E-state index is 11.8. The Balaban J connectivity index is 1.51. The van der Waals surface area contributed by atoms with E-state index >= 15 is 0 Å². The lowest BCUT2D eigenvalue weighted by molar-refractivity contribution is -0.138. The molecule has 4 nitrogen and oxygen atoms in total. The summed E-state index contributed by atoms with van der Waals surface area (Å²) in [7, 11) is 0. The molecule has 0 N–H and O–H groups in total. The van der Waals surface area contributed by atoms with E-state index in [1.807, 2.05) is 30.3 Å². The predicted molar refractivity (Wildman–Crippen MR) is 104 cm³/mol. The number of aromatic nitrogens is 1. The van der Waals surface area contributed by atoms with Crippen molar-refractivity contribution < 1.29 is 14.3 Å². The zero-order chi connectivity index (χ0) is 18.4. The summed E-state index contributed by atoms with van der Waals surface area (Å²) in [6.45, 7) is 0.298. The first kappa shape index (κ1) is 18.2. The number of esters is 1. The molecular weight excluding hydrogens is 373 g/mol. The van der Waals surface area contributed by atoms with Crippen molar-refractivity contribution in [1.82, 2.24) is 4.98 Å². The fourth-order valence-electron chi connectivity index (χ4n) is 2.35. The monoisotopic (exact) mass is 387 g/mol. The van der Waals surface area contributed by atoms with Crippen LogP contribution in [-0.2, 0) is 9.53 Å². The SMILES string of the molecule is O=C(/C=C\c1cccc2cccnc12)OCCOc1ccc(Cl)cc1Cl. The first-order chi connectivity index (χ1) is 12.6. The lowest BCUT2D eigenvalue weighted by Crippen LogP contribution is -2.10. The van der Waals surface area contributed by atoms with E-state index in [1.54, 1.807) is 30.5 Å². The van der Waals surface area contributed by atoms with Gasteiger partial charge in [-0.3, -0.25) is 4.98 Å². The summed E-state index contributed by atoms with van der Waals surface area (Å²) in [5.74, 6) is 0.0354. The Morgan fingerprint density at radius 2 is 1.92 bits per heavy atom. The second-order valence-corrected chi connectivity index (χ2v) is 6.19. The average Bonchev–Trinajstić information content (AvgIpc) is 2.65. The smallest absolute Gasteiger partial charge is 0.330 e. The van der Waals surface area contributed by atoms with Crippen molar-refractivity contribution in [2.24, 2.45) is 0 Å². The molecule has 132 valence electrons. The van der Waals surface area contributed by atoms with Crippen LogP contribution in [-0.4, -0.2) is 24.2 Å². The van der Waals surface area contributed by atoms with Crippen LogP contribution in [0.15, 0.2) is 60.8 Å². The van der Waals surface area contributed by atoms with Gasteiger partial charge < -0.3 is 9.47 Å². The second-order valence-electron chi connectivity index (χ2n) is 5.35. The van der Waals surface area contributed by atoms with Crippen molar-refractivity contribution in [2.75, 3.05) is 13.2 Å². The van der Waals surface area contributed by atoms with E-state index in [1.165, 1.54) is 6.08 Å². The number of carbonyl (C=O) groups excluding carboxylic acids is 1. The number of fused-ring (bicyclic) bond motifs is 1. The molecule has 0 atom stereocenters. The fraction of sp³-hybridized carbons (Fsp3) is 0.100. The minimum Gasteiger partial charge on any atom is -0.488 e. The zero-order valence-corrected chi connectivity index (χ0v) is 15.2. The highest BCUT2D eigenvalue weighted by Gasteiger charge is 2.04. The van der Waals surface area contributed by atoms with Crippen molar-refractivity contribution in [3.05, 3.63) is 76.4 Å². The summed E-state index contributed by atoms with van der Waals surface area (Å²) in [6, 6.07) is 14.6. The van der Waals surface area contributed by atoms with Gasteiger partial charge in [-0.25, -0.2) is 4.79 Å². The Labute approximate surface area is 161 Å². The molecule has 1 heterocycles. The fourth-order valence-corrected chi connectivity index (χ4v) is 2.82. The number of nitrogens with zero attached hydrogens (tertiary/aromatic N) is 1. The molecule has 0 fully saturated rings. The normalized spacial score (nSPS) is 11.0. The van der Waals surface area contributed by atoms with E-state index in [9.17, 15) is 4.79 Å². The third-order valence-corrected chi connectivity index (χ3v) is 4.07. The number of halogens is 2. The van der Waals surface area contributed by atoms with Crippen LogP contribution in [0.5, 0.6) is 5.75 Å². The van der Waals surface area contributed by atoms with Crippen LogP contribution >= 0.6 is 23.2 Å². The summed E-state index contributed by atoms with van der Waals surface area (Å²) < 4.78 is 10.6. The third-order valence-electron chi connectivity index (χ3n) is 3.54. The van der Waals surface area contributed by atoms with E-state index < -0.39 is 5.97 Å². The van der Waals surface area contributed by atoms with Gasteiger partial charge in [0.05, 0.1) is 10.5 Å². The van der Waals surface area contributed by atoms with Crippen molar-refractivity contribution in [2.45, 2.75) is 0 Å². The molecule has 0 unspecified atom stereocenters. The quantitative estimate of drug-likeness (QED) is 0.332. The molecule has 6 heteroatoms. The van der Waals surface area contributed by atoms with E-state index in [0.717, 1.165) is 16.5 Å². The summed E-state index contributed by atoms with van der Waals surface area (Å²) in [4.78, 5) is 16.2. The van der Waals surface area contributed by atoms with Crippen LogP contribution in [0.3, 0.4) is 0 Å². The second kappa shape index (κ2) is 8.70. The van der Waals surface area contributed by atoms with Crippen LogP contribution in [0.2, 0.25) is 10.0 Å². The lowest BCUT2D eigenvalue weighted by Gasteiger charge is -2.08. The van der Waals surface area contributed by atoms with Crippen LogP contribution in [0.1, 0.15) is 5.56 Å². The molecule has 2 aromatic carbocycles. The maximum Gasteiger partial charge on any atom is 0.330 e. The van der Waals surface area contributed by atoms with Crippen LogP contribution in [0.25, 0.3) is 17.0 Å². The van der Waals surface area contributed by atoms with Crippen LogP contribution in [0, 0.1) is 0 Å². The minimum atomic E-state index is -0.455. The number of hydrogen-bond donors (Lipinski definition) is 0. The molecule has 0 amide bonds. The average molecular weight is 388 g/mol. The van der Waals surface area contributed by atoms with Gasteiger partial charge in [0.25, 0.3) is 0 Å². The van der Waals surface area contributed by atoms with Gasteiger partial charge in [-0.15, -0.1) is 0 Å². The van der Waals surface area contributed by atoms with E-state index in [4.69, 9.17) is 32.7 Å². The highest BCUT2D eigenvalue weighted by molar-refractivity contribution is 6.35. The molecule has 0 aliphatic heterocycles. The van der Waals surface area contributed by atoms with E-state index in [-0.39, 0.29) is 13.2 Å². The number of hydrogen-bond acceptors (Lipinski definition) is 4. The number of carbonyl (C=O) groups is 1. The molecule has 0 spiro atoms. The van der Waals surface area contributed by atoms with Gasteiger partial charge in [-0.2, -0.15) is 0 Å². The number of para-hydroxylation sites is 1. The van der Waals surface area contributed by atoms with Gasteiger partial charge in [0.2, 0.25) is 0 Å². The Bertz CT molecular complexity index is 951. The number of rotatable bonds is 6. The molecule has 0 saturated carbocycles. The number of benzene rings is 2. The van der Waals surface area contributed by atoms with Crippen molar-refractivity contribution in [3.8, 4) is 5.75 Å². The Hall–Kier alpha value is -2.56. The largest absolute Gasteiger partial charge is 0.488 e. The predicted octanol–water partition coefficient (Wildman–Crippen LogP) is 5.18. The van der Waals surface area contributed by atoms with E-state index in [2.05, 4.69) is 4.98 Å². The first-order valence-electron chi connectivity index (χ1n) is 7.90. The minimum absolute atomic E-state index is 0.107. The Kier molecular flexibility index (Phi) is 6.10. The molecule has 1 aromatic heterocycles. The first-order valence-corrected chi connectivity index (χ1v) is 8.65. The highest BCUT2D eigenvalue weighted by atomic mass is 35.5. The molecule has 0 saturated heterocycles. The van der Waals surface area contributed by atoms with Crippen molar-refractivity contribution in [3.63, 3.8) is 0 Å². The van der Waals surface area contributed by atoms with Gasteiger partial charge in [-0.1, -0.05) is 47.5 Å². The van der Waals surface area contributed by atoms with Crippen molar-refractivity contribution >= 4 is 46.2 Å². The van der Waals surface area contributed by atoms with E-state index in [0.29, 0.717) is 15.8 Å². The summed E-state index contributed by atoms with van der Waals surface area (Å²) in [5.41, 5.74) is 1.68. The molecule has 0 bridgehead atoms. The number of pyridine rings is 1. The third kappa shape index (κ3) is 4.75. The lowest BCUT2D eigenvalue weighted by atomic mass is 10.1. The summed E-state index contributed by atoms with van der Waals surface area (Å²) >= 11 is 11.8. The molecular formula is C20H15Cl2NO3. The molecule has 0 aliphatic carbocycles. The Morgan fingerprint density at radius 3 is 2.77 bits per heavy atom. The van der Waals surface area contributed by atoms with Crippen LogP contribution < -0.4 is 4.74 Å². The topological polar surface area (TPSA) is 48.4 Å². The molecule has 3 aromatic rings. The summed E-state index contributed by atoms with van der Waals surface area (Å²) in [6.07, 6.45) is 4.78. The van der Waals surface area contributed by atoms with Crippen LogP contribution in [0.4, 0.5) is 0 Å². The standard InChI is InChI=1S/C20H15Cl2NO3/c21-16-7-8-18(17(22)13-16)25-11-12-26-19(24)9-6-15-4-1-3-14-5-2-10-23-20(14)15/h1-10,13H,11-12H2/b9-6-. The van der Waals surface area contributed by atoms with Gasteiger partial charge in [0, 0.05) is 28.2 Å². The summed E-state index contributed by atoms with van der Waals surface area (Å²) in [5, 5.41) is 1.95. The molecule has 26 heavy (non-hydrogen) atoms. The molecule has 0 aliphatic rings. The van der Waals surface area contributed by atoms with Crippen molar-refractivity contribution in [1.29, 1.82) is 0 Å². The zero-order valence-electron chi connectivity index (χ0n) is 13.7. The molecule has 3 rings (SSSR count).